The maximum absolute atomic E-state index is 13.1. The van der Waals surface area contributed by atoms with Crippen LogP contribution >= 0.6 is 23.2 Å². The molecule has 1 N–H and O–H groups in total. The lowest BCUT2D eigenvalue weighted by atomic mass is 10.1. The molecule has 1 heterocycles. The Bertz CT molecular complexity index is 1350. The van der Waals surface area contributed by atoms with E-state index in [0.29, 0.717) is 21.6 Å². The van der Waals surface area contributed by atoms with E-state index in [1.54, 1.807) is 48.5 Å². The zero-order valence-corrected chi connectivity index (χ0v) is 17.1. The van der Waals surface area contributed by atoms with E-state index in [9.17, 15) is 19.7 Å². The molecule has 0 saturated heterocycles. The molecule has 3 aromatic carbocycles. The van der Waals surface area contributed by atoms with Crippen LogP contribution in [0, 0.1) is 10.1 Å². The Balaban J connectivity index is 1.76. The lowest BCUT2D eigenvalue weighted by Gasteiger charge is -2.07. The average molecular weight is 455 g/mol. The van der Waals surface area contributed by atoms with E-state index in [1.807, 2.05) is 0 Å². The van der Waals surface area contributed by atoms with Crippen molar-refractivity contribution in [3.63, 3.8) is 0 Å². The van der Waals surface area contributed by atoms with Crippen molar-refractivity contribution in [2.75, 3.05) is 5.32 Å². The van der Waals surface area contributed by atoms with Crippen molar-refractivity contribution in [3.05, 3.63) is 104 Å². The second kappa shape index (κ2) is 8.22. The van der Waals surface area contributed by atoms with Gasteiger partial charge in [-0.05, 0) is 48.5 Å². The van der Waals surface area contributed by atoms with Crippen molar-refractivity contribution < 1.29 is 18.9 Å². The smallest absolute Gasteiger partial charge is 0.288 e. The number of hydrogen-bond donors (Lipinski definition) is 1. The van der Waals surface area contributed by atoms with Gasteiger partial charge in [-0.2, -0.15) is 0 Å². The molecule has 0 aliphatic carbocycles. The highest BCUT2D eigenvalue weighted by Crippen LogP contribution is 2.33. The quantitative estimate of drug-likeness (QED) is 0.222. The first-order valence-corrected chi connectivity index (χ1v) is 9.68. The molecule has 1 aromatic heterocycles. The third-order valence-corrected chi connectivity index (χ3v) is 5.12. The second-order valence-corrected chi connectivity index (χ2v) is 7.36. The van der Waals surface area contributed by atoms with E-state index in [1.165, 1.54) is 12.1 Å². The molecule has 0 saturated carbocycles. The van der Waals surface area contributed by atoms with Gasteiger partial charge in [0.25, 0.3) is 11.6 Å². The van der Waals surface area contributed by atoms with Gasteiger partial charge in [0.15, 0.2) is 5.76 Å². The van der Waals surface area contributed by atoms with Gasteiger partial charge in [0.05, 0.1) is 10.6 Å². The molecule has 31 heavy (non-hydrogen) atoms. The minimum Gasteiger partial charge on any atom is -0.450 e. The zero-order chi connectivity index (χ0) is 22.1. The Hall–Kier alpha value is -3.68. The van der Waals surface area contributed by atoms with Crippen molar-refractivity contribution in [2.45, 2.75) is 0 Å². The van der Waals surface area contributed by atoms with E-state index in [0.717, 1.165) is 6.07 Å². The lowest BCUT2D eigenvalue weighted by molar-refractivity contribution is -0.384. The number of halogens is 2. The first kappa shape index (κ1) is 20.6. The third kappa shape index (κ3) is 4.01. The number of anilines is 1. The summed E-state index contributed by atoms with van der Waals surface area (Å²) in [5, 5.41) is 14.7. The van der Waals surface area contributed by atoms with Crippen molar-refractivity contribution in [2.24, 2.45) is 0 Å². The number of carbonyl (C=O) groups is 2. The van der Waals surface area contributed by atoms with Gasteiger partial charge < -0.3 is 9.73 Å². The third-order valence-electron chi connectivity index (χ3n) is 4.55. The number of para-hydroxylation sites is 1. The summed E-state index contributed by atoms with van der Waals surface area (Å²) in [6.45, 7) is 0. The molecule has 154 valence electrons. The van der Waals surface area contributed by atoms with Crippen LogP contribution in [0.15, 0.2) is 71.1 Å². The molecule has 7 nitrogen and oxygen atoms in total. The van der Waals surface area contributed by atoms with Gasteiger partial charge in [0.1, 0.15) is 10.6 Å². The van der Waals surface area contributed by atoms with Crippen LogP contribution in [0.1, 0.15) is 26.5 Å². The molecule has 0 aliphatic rings. The Kier molecular flexibility index (Phi) is 5.46. The van der Waals surface area contributed by atoms with Crippen molar-refractivity contribution in [1.29, 1.82) is 0 Å². The van der Waals surface area contributed by atoms with E-state index in [-0.39, 0.29) is 22.0 Å². The van der Waals surface area contributed by atoms with E-state index in [2.05, 4.69) is 5.32 Å². The van der Waals surface area contributed by atoms with Crippen molar-refractivity contribution in [3.8, 4) is 0 Å². The Morgan fingerprint density at radius 2 is 1.61 bits per heavy atom. The number of nitro groups is 1. The maximum atomic E-state index is 13.1. The summed E-state index contributed by atoms with van der Waals surface area (Å²) in [5.41, 5.74) is 0.492. The fraction of sp³-hybridized carbons (Fsp3) is 0. The molecule has 9 heteroatoms. The van der Waals surface area contributed by atoms with Crippen LogP contribution in [-0.2, 0) is 0 Å². The number of nitrogens with one attached hydrogen (secondary N) is 1. The van der Waals surface area contributed by atoms with Gasteiger partial charge in [-0.1, -0.05) is 35.3 Å². The number of carbonyl (C=O) groups excluding carboxylic acids is 2. The molecule has 0 atom stereocenters. The number of hydrogen-bond acceptors (Lipinski definition) is 5. The summed E-state index contributed by atoms with van der Waals surface area (Å²) < 4.78 is 5.74. The predicted octanol–water partition coefficient (Wildman–Crippen LogP) is 6.13. The number of furan rings is 1. The van der Waals surface area contributed by atoms with E-state index >= 15 is 0 Å². The number of amides is 1. The molecular weight excluding hydrogens is 443 g/mol. The molecule has 0 bridgehead atoms. The van der Waals surface area contributed by atoms with Gasteiger partial charge in [0.2, 0.25) is 5.78 Å². The normalized spacial score (nSPS) is 10.8. The summed E-state index contributed by atoms with van der Waals surface area (Å²) >= 11 is 11.7. The highest BCUT2D eigenvalue weighted by molar-refractivity contribution is 6.33. The molecular formula is C22H12Cl2N2O5. The van der Waals surface area contributed by atoms with Crippen LogP contribution in [0.2, 0.25) is 10.0 Å². The minimum absolute atomic E-state index is 0.00581. The fourth-order valence-electron chi connectivity index (χ4n) is 3.04. The molecule has 0 aliphatic heterocycles. The molecule has 0 unspecified atom stereocenters. The largest absolute Gasteiger partial charge is 0.450 e. The van der Waals surface area contributed by atoms with Crippen molar-refractivity contribution >= 4 is 57.2 Å². The number of benzene rings is 3. The standard InChI is InChI=1S/C22H12Cl2N2O5/c23-14-8-5-12(6-9-14)20(27)21-19(15-3-1-2-4-18(15)31-21)25-22(28)13-7-10-16(24)17(11-13)26(29)30/h1-11H,(H,25,28). The van der Waals surface area contributed by atoms with Gasteiger partial charge in [-0.25, -0.2) is 0 Å². The Labute approximate surface area is 185 Å². The number of nitro benzene ring substituents is 1. The van der Waals surface area contributed by atoms with Crippen LogP contribution in [0.5, 0.6) is 0 Å². The van der Waals surface area contributed by atoms with Gasteiger partial charge in [-0.3, -0.25) is 19.7 Å². The summed E-state index contributed by atoms with van der Waals surface area (Å²) in [6.07, 6.45) is 0. The molecule has 0 radical (unpaired) electrons. The molecule has 4 aromatic rings. The van der Waals surface area contributed by atoms with Crippen LogP contribution in [-0.4, -0.2) is 16.6 Å². The van der Waals surface area contributed by atoms with Gasteiger partial charge in [0, 0.05) is 27.6 Å². The average Bonchev–Trinajstić information content (AvgIpc) is 3.12. The summed E-state index contributed by atoms with van der Waals surface area (Å²) in [4.78, 5) is 36.4. The first-order valence-electron chi connectivity index (χ1n) is 8.92. The summed E-state index contributed by atoms with van der Waals surface area (Å²) in [5.74, 6) is -1.18. The number of rotatable bonds is 5. The summed E-state index contributed by atoms with van der Waals surface area (Å²) in [7, 11) is 0. The van der Waals surface area contributed by atoms with Crippen LogP contribution < -0.4 is 5.32 Å². The monoisotopic (exact) mass is 454 g/mol. The topological polar surface area (TPSA) is 102 Å². The highest BCUT2D eigenvalue weighted by Gasteiger charge is 2.24. The van der Waals surface area contributed by atoms with Crippen LogP contribution in [0.4, 0.5) is 11.4 Å². The fourth-order valence-corrected chi connectivity index (χ4v) is 3.35. The minimum atomic E-state index is -0.679. The number of fused-ring (bicyclic) bond motifs is 1. The SMILES string of the molecule is O=C(Nc1c(C(=O)c2ccc(Cl)cc2)oc2ccccc12)c1ccc(Cl)c([N+](=O)[O-])c1. The van der Waals surface area contributed by atoms with Crippen molar-refractivity contribution in [1.82, 2.24) is 0 Å². The molecule has 0 spiro atoms. The van der Waals surface area contributed by atoms with Crippen LogP contribution in [0.3, 0.4) is 0 Å². The number of ketones is 1. The van der Waals surface area contributed by atoms with E-state index in [4.69, 9.17) is 27.6 Å². The first-order chi connectivity index (χ1) is 14.8. The van der Waals surface area contributed by atoms with Crippen LogP contribution in [0.25, 0.3) is 11.0 Å². The Morgan fingerprint density at radius 1 is 0.935 bits per heavy atom. The van der Waals surface area contributed by atoms with E-state index < -0.39 is 22.3 Å². The molecule has 4 rings (SSSR count). The number of nitrogens with zero attached hydrogens (tertiary/aromatic N) is 1. The van der Waals surface area contributed by atoms with Gasteiger partial charge in [-0.15, -0.1) is 0 Å². The summed E-state index contributed by atoms with van der Waals surface area (Å²) in [6, 6.07) is 16.8. The lowest BCUT2D eigenvalue weighted by Crippen LogP contribution is -2.14. The highest BCUT2D eigenvalue weighted by atomic mass is 35.5. The molecule has 0 fully saturated rings. The molecule has 1 amide bonds. The zero-order valence-electron chi connectivity index (χ0n) is 15.6. The Morgan fingerprint density at radius 3 is 2.32 bits per heavy atom. The predicted molar refractivity (Wildman–Crippen MR) is 117 cm³/mol. The maximum Gasteiger partial charge on any atom is 0.288 e. The van der Waals surface area contributed by atoms with Gasteiger partial charge >= 0.3 is 0 Å². The second-order valence-electron chi connectivity index (χ2n) is 6.52.